The third-order valence-corrected chi connectivity index (χ3v) is 6.50. The van der Waals surface area contributed by atoms with Crippen LogP contribution in [0.1, 0.15) is 16.8 Å². The lowest BCUT2D eigenvalue weighted by molar-refractivity contribution is -0.116. The SMILES string of the molecule is COc1ccc(S(=O)(=O)N2CCOCC2)cc1C(=O)NCCC(=O)Nc1cccnc1. The van der Waals surface area contributed by atoms with Crippen molar-refractivity contribution in [1.82, 2.24) is 14.6 Å². The first-order chi connectivity index (χ1) is 14.9. The zero-order chi connectivity index (χ0) is 22.3. The van der Waals surface area contributed by atoms with Gasteiger partial charge in [-0.05, 0) is 30.3 Å². The lowest BCUT2D eigenvalue weighted by Gasteiger charge is -2.26. The van der Waals surface area contributed by atoms with Crippen LogP contribution in [0.25, 0.3) is 0 Å². The minimum absolute atomic E-state index is 0.00493. The Kier molecular flexibility index (Phi) is 7.55. The number of rotatable bonds is 8. The third kappa shape index (κ3) is 5.78. The molecule has 11 heteroatoms. The summed E-state index contributed by atoms with van der Waals surface area (Å²) < 4.78 is 37.5. The molecule has 2 N–H and O–H groups in total. The number of anilines is 1. The Morgan fingerprint density at radius 2 is 2.00 bits per heavy atom. The van der Waals surface area contributed by atoms with E-state index in [0.29, 0.717) is 18.9 Å². The molecule has 0 unspecified atom stereocenters. The van der Waals surface area contributed by atoms with Crippen LogP contribution in [0.2, 0.25) is 0 Å². The molecule has 0 saturated carbocycles. The van der Waals surface area contributed by atoms with Crippen molar-refractivity contribution in [2.24, 2.45) is 0 Å². The summed E-state index contributed by atoms with van der Waals surface area (Å²) in [6.07, 6.45) is 3.15. The molecule has 0 aliphatic carbocycles. The van der Waals surface area contributed by atoms with Crippen LogP contribution in [0.3, 0.4) is 0 Å². The normalized spacial score (nSPS) is 14.6. The molecule has 1 aliphatic heterocycles. The van der Waals surface area contributed by atoms with E-state index >= 15 is 0 Å². The molecule has 1 saturated heterocycles. The summed E-state index contributed by atoms with van der Waals surface area (Å²) in [5, 5.41) is 5.30. The average Bonchev–Trinajstić information content (AvgIpc) is 2.79. The predicted octanol–water partition coefficient (Wildman–Crippen LogP) is 0.870. The number of carbonyl (C=O) groups excluding carboxylic acids is 2. The molecule has 31 heavy (non-hydrogen) atoms. The van der Waals surface area contributed by atoms with E-state index in [1.54, 1.807) is 18.3 Å². The van der Waals surface area contributed by atoms with Crippen LogP contribution in [0, 0.1) is 0 Å². The minimum Gasteiger partial charge on any atom is -0.496 e. The van der Waals surface area contributed by atoms with E-state index in [1.807, 2.05) is 0 Å². The van der Waals surface area contributed by atoms with Crippen molar-refractivity contribution in [3.05, 3.63) is 48.3 Å². The van der Waals surface area contributed by atoms with Crippen molar-refractivity contribution in [2.75, 3.05) is 45.3 Å². The van der Waals surface area contributed by atoms with E-state index < -0.39 is 15.9 Å². The van der Waals surface area contributed by atoms with Crippen LogP contribution in [0.5, 0.6) is 5.75 Å². The molecular weight excluding hydrogens is 424 g/mol. The number of amides is 2. The summed E-state index contributed by atoms with van der Waals surface area (Å²) >= 11 is 0. The van der Waals surface area contributed by atoms with E-state index in [-0.39, 0.29) is 48.2 Å². The lowest BCUT2D eigenvalue weighted by atomic mass is 10.2. The molecule has 0 atom stereocenters. The summed E-state index contributed by atoms with van der Waals surface area (Å²) in [5.74, 6) is -0.591. The molecule has 1 fully saturated rings. The highest BCUT2D eigenvalue weighted by atomic mass is 32.2. The first-order valence-electron chi connectivity index (χ1n) is 9.66. The first kappa shape index (κ1) is 22.7. The lowest BCUT2D eigenvalue weighted by Crippen LogP contribution is -2.40. The van der Waals surface area contributed by atoms with Gasteiger partial charge in [-0.3, -0.25) is 14.6 Å². The molecule has 2 heterocycles. The number of ether oxygens (including phenoxy) is 2. The molecule has 0 spiro atoms. The van der Waals surface area contributed by atoms with Crippen LogP contribution in [-0.2, 0) is 19.6 Å². The van der Waals surface area contributed by atoms with Crippen molar-refractivity contribution < 1.29 is 27.5 Å². The molecule has 1 aromatic carbocycles. The predicted molar refractivity (Wildman–Crippen MR) is 112 cm³/mol. The fraction of sp³-hybridized carbons (Fsp3) is 0.350. The topological polar surface area (TPSA) is 127 Å². The fourth-order valence-electron chi connectivity index (χ4n) is 3.01. The molecule has 2 amide bonds. The Hall–Kier alpha value is -3.02. The highest BCUT2D eigenvalue weighted by Gasteiger charge is 2.28. The van der Waals surface area contributed by atoms with Gasteiger partial charge < -0.3 is 20.1 Å². The standard InChI is InChI=1S/C20H24N4O6S/c1-29-18-5-4-16(31(27,28)24-9-11-30-12-10-24)13-17(18)20(26)22-8-6-19(25)23-15-3-2-7-21-14-15/h2-5,7,13-14H,6,8-12H2,1H3,(H,22,26)(H,23,25). The van der Waals surface area contributed by atoms with Gasteiger partial charge in [0.15, 0.2) is 0 Å². The Morgan fingerprint density at radius 3 is 2.68 bits per heavy atom. The van der Waals surface area contributed by atoms with Gasteiger partial charge in [-0.1, -0.05) is 0 Å². The quantitative estimate of drug-likeness (QED) is 0.613. The van der Waals surface area contributed by atoms with Crippen LogP contribution in [-0.4, -0.2) is 69.5 Å². The number of sulfonamides is 1. The Morgan fingerprint density at radius 1 is 1.23 bits per heavy atom. The molecule has 10 nitrogen and oxygen atoms in total. The number of nitrogens with one attached hydrogen (secondary N) is 2. The number of aromatic nitrogens is 1. The summed E-state index contributed by atoms with van der Waals surface area (Å²) in [4.78, 5) is 28.6. The van der Waals surface area contributed by atoms with Gasteiger partial charge in [-0.2, -0.15) is 4.31 Å². The smallest absolute Gasteiger partial charge is 0.255 e. The monoisotopic (exact) mass is 448 g/mol. The number of hydrogen-bond acceptors (Lipinski definition) is 7. The maximum Gasteiger partial charge on any atom is 0.255 e. The number of carbonyl (C=O) groups is 2. The van der Waals surface area contributed by atoms with Gasteiger partial charge in [0.25, 0.3) is 5.91 Å². The Balaban J connectivity index is 1.65. The van der Waals surface area contributed by atoms with Crippen LogP contribution >= 0.6 is 0 Å². The highest BCUT2D eigenvalue weighted by molar-refractivity contribution is 7.89. The molecule has 3 rings (SSSR count). The highest BCUT2D eigenvalue weighted by Crippen LogP contribution is 2.25. The molecule has 2 aromatic rings. The van der Waals surface area contributed by atoms with Gasteiger partial charge in [0.1, 0.15) is 5.75 Å². The Labute approximate surface area is 180 Å². The van der Waals surface area contributed by atoms with Crippen molar-refractivity contribution in [1.29, 1.82) is 0 Å². The van der Waals surface area contributed by atoms with Crippen molar-refractivity contribution >= 4 is 27.5 Å². The maximum atomic E-state index is 12.9. The van der Waals surface area contributed by atoms with Gasteiger partial charge >= 0.3 is 0 Å². The summed E-state index contributed by atoms with van der Waals surface area (Å²) in [6, 6.07) is 7.53. The second-order valence-electron chi connectivity index (χ2n) is 6.67. The number of morpholine rings is 1. The van der Waals surface area contributed by atoms with Crippen LogP contribution < -0.4 is 15.4 Å². The van der Waals surface area contributed by atoms with Crippen molar-refractivity contribution in [2.45, 2.75) is 11.3 Å². The Bertz CT molecular complexity index is 1020. The van der Waals surface area contributed by atoms with E-state index in [1.165, 1.54) is 35.8 Å². The zero-order valence-corrected chi connectivity index (χ0v) is 17.9. The number of benzene rings is 1. The van der Waals surface area contributed by atoms with Gasteiger partial charge in [0, 0.05) is 32.3 Å². The molecule has 166 valence electrons. The number of nitrogens with zero attached hydrogens (tertiary/aromatic N) is 2. The largest absolute Gasteiger partial charge is 0.496 e. The van der Waals surface area contributed by atoms with E-state index in [4.69, 9.17) is 9.47 Å². The fourth-order valence-corrected chi connectivity index (χ4v) is 4.44. The zero-order valence-electron chi connectivity index (χ0n) is 17.0. The molecular formula is C20H24N4O6S. The summed E-state index contributed by atoms with van der Waals surface area (Å²) in [7, 11) is -2.37. The van der Waals surface area contributed by atoms with Gasteiger partial charge in [-0.15, -0.1) is 0 Å². The van der Waals surface area contributed by atoms with Crippen LogP contribution in [0.15, 0.2) is 47.6 Å². The summed E-state index contributed by atoms with van der Waals surface area (Å²) in [5.41, 5.74) is 0.631. The second-order valence-corrected chi connectivity index (χ2v) is 8.61. The second kappa shape index (κ2) is 10.3. The summed E-state index contributed by atoms with van der Waals surface area (Å²) in [6.45, 7) is 1.21. The molecule has 1 aliphatic rings. The van der Waals surface area contributed by atoms with E-state index in [2.05, 4.69) is 15.6 Å². The van der Waals surface area contributed by atoms with E-state index in [9.17, 15) is 18.0 Å². The number of methoxy groups -OCH3 is 1. The molecule has 0 bridgehead atoms. The minimum atomic E-state index is -3.76. The molecule has 0 radical (unpaired) electrons. The van der Waals surface area contributed by atoms with Crippen molar-refractivity contribution in [3.8, 4) is 5.75 Å². The first-order valence-corrected chi connectivity index (χ1v) is 11.1. The van der Waals surface area contributed by atoms with Gasteiger partial charge in [-0.25, -0.2) is 8.42 Å². The van der Waals surface area contributed by atoms with Gasteiger partial charge in [0.2, 0.25) is 15.9 Å². The van der Waals surface area contributed by atoms with Gasteiger partial charge in [0.05, 0.1) is 42.7 Å². The van der Waals surface area contributed by atoms with Crippen LogP contribution in [0.4, 0.5) is 5.69 Å². The third-order valence-electron chi connectivity index (χ3n) is 4.61. The average molecular weight is 449 g/mol. The maximum absolute atomic E-state index is 12.9. The number of hydrogen-bond donors (Lipinski definition) is 2. The van der Waals surface area contributed by atoms with Crippen molar-refractivity contribution in [3.63, 3.8) is 0 Å². The van der Waals surface area contributed by atoms with E-state index in [0.717, 1.165) is 0 Å². The number of pyridine rings is 1. The molecule has 1 aromatic heterocycles.